The first-order valence-electron chi connectivity index (χ1n) is 11.2. The lowest BCUT2D eigenvalue weighted by molar-refractivity contribution is -0.134. The number of carbonyl (C=O) groups is 2. The maximum Gasteiger partial charge on any atom is 0.272 e. The molecule has 1 fully saturated rings. The summed E-state index contributed by atoms with van der Waals surface area (Å²) >= 11 is 0. The highest BCUT2D eigenvalue weighted by Crippen LogP contribution is 2.23. The standard InChI is InChI=1S/C26H30N4O2/c1-4-29-14-15-30(26(32)24-12-13-27-28(24)3)18-23(25(29)31)17-20-8-10-21(11-9-20)22-7-5-6-19(2)16-22/h5-13,16,23H,4,14-15,17-18H2,1-3H3/t23-/m1/s1. The van der Waals surface area contributed by atoms with Crippen LogP contribution in [-0.2, 0) is 18.3 Å². The van der Waals surface area contributed by atoms with Crippen molar-refractivity contribution in [2.45, 2.75) is 20.3 Å². The zero-order valence-corrected chi connectivity index (χ0v) is 19.0. The summed E-state index contributed by atoms with van der Waals surface area (Å²) in [6, 6.07) is 18.6. The van der Waals surface area contributed by atoms with E-state index in [9.17, 15) is 9.59 Å². The normalized spacial score (nSPS) is 16.8. The van der Waals surface area contributed by atoms with Gasteiger partial charge in [0.05, 0.1) is 5.92 Å². The van der Waals surface area contributed by atoms with Gasteiger partial charge >= 0.3 is 0 Å². The number of amides is 2. The van der Waals surface area contributed by atoms with Gasteiger partial charge in [0, 0.05) is 39.4 Å². The fraction of sp³-hybridized carbons (Fsp3) is 0.346. The molecule has 0 spiro atoms. The molecule has 1 aliphatic heterocycles. The maximum absolute atomic E-state index is 13.2. The molecule has 166 valence electrons. The summed E-state index contributed by atoms with van der Waals surface area (Å²) in [4.78, 5) is 30.0. The molecule has 2 heterocycles. The fourth-order valence-electron chi connectivity index (χ4n) is 4.38. The van der Waals surface area contributed by atoms with Crippen molar-refractivity contribution >= 4 is 11.8 Å². The smallest absolute Gasteiger partial charge is 0.272 e. The van der Waals surface area contributed by atoms with E-state index in [2.05, 4.69) is 60.6 Å². The first-order chi connectivity index (χ1) is 15.5. The Hall–Kier alpha value is -3.41. The summed E-state index contributed by atoms with van der Waals surface area (Å²) in [6.45, 7) is 6.24. The van der Waals surface area contributed by atoms with Crippen molar-refractivity contribution in [1.29, 1.82) is 0 Å². The predicted octanol–water partition coefficient (Wildman–Crippen LogP) is 3.56. The summed E-state index contributed by atoms with van der Waals surface area (Å²) in [6.07, 6.45) is 2.24. The van der Waals surface area contributed by atoms with E-state index in [1.165, 1.54) is 11.1 Å². The molecule has 3 aromatic rings. The minimum Gasteiger partial charge on any atom is -0.341 e. The van der Waals surface area contributed by atoms with Gasteiger partial charge in [-0.2, -0.15) is 5.10 Å². The summed E-state index contributed by atoms with van der Waals surface area (Å²) in [7, 11) is 1.77. The first-order valence-corrected chi connectivity index (χ1v) is 11.2. The van der Waals surface area contributed by atoms with Crippen molar-refractivity contribution in [2.75, 3.05) is 26.2 Å². The third-order valence-corrected chi connectivity index (χ3v) is 6.24. The first kappa shape index (κ1) is 21.8. The summed E-state index contributed by atoms with van der Waals surface area (Å²) < 4.78 is 1.59. The largest absolute Gasteiger partial charge is 0.341 e. The van der Waals surface area contributed by atoms with Crippen molar-refractivity contribution in [1.82, 2.24) is 19.6 Å². The van der Waals surface area contributed by atoms with Gasteiger partial charge in [0.1, 0.15) is 5.69 Å². The third kappa shape index (κ3) is 4.59. The molecule has 0 saturated carbocycles. The molecule has 0 unspecified atom stereocenters. The van der Waals surface area contributed by atoms with Crippen LogP contribution in [0.25, 0.3) is 11.1 Å². The minimum atomic E-state index is -0.264. The quantitative estimate of drug-likeness (QED) is 0.622. The van der Waals surface area contributed by atoms with Gasteiger partial charge in [-0.3, -0.25) is 14.3 Å². The number of aryl methyl sites for hydroxylation is 2. The third-order valence-electron chi connectivity index (χ3n) is 6.24. The fourth-order valence-corrected chi connectivity index (χ4v) is 4.38. The van der Waals surface area contributed by atoms with E-state index in [1.807, 2.05) is 11.8 Å². The Morgan fingerprint density at radius 3 is 2.50 bits per heavy atom. The van der Waals surface area contributed by atoms with Crippen LogP contribution >= 0.6 is 0 Å². The molecule has 2 amide bonds. The highest BCUT2D eigenvalue weighted by Gasteiger charge is 2.32. The van der Waals surface area contributed by atoms with Crippen molar-refractivity contribution in [3.05, 3.63) is 77.6 Å². The Balaban J connectivity index is 1.54. The van der Waals surface area contributed by atoms with Crippen molar-refractivity contribution in [3.63, 3.8) is 0 Å². The van der Waals surface area contributed by atoms with Crippen LogP contribution in [-0.4, -0.2) is 57.6 Å². The summed E-state index contributed by atoms with van der Waals surface area (Å²) in [5.41, 5.74) is 5.22. The second kappa shape index (κ2) is 9.39. The Morgan fingerprint density at radius 2 is 1.84 bits per heavy atom. The van der Waals surface area contributed by atoms with Crippen molar-refractivity contribution in [2.24, 2.45) is 13.0 Å². The molecule has 32 heavy (non-hydrogen) atoms. The van der Waals surface area contributed by atoms with Crippen LogP contribution in [0, 0.1) is 12.8 Å². The molecule has 1 aromatic heterocycles. The maximum atomic E-state index is 13.2. The molecule has 6 nitrogen and oxygen atoms in total. The lowest BCUT2D eigenvalue weighted by Crippen LogP contribution is -2.38. The molecular weight excluding hydrogens is 400 g/mol. The monoisotopic (exact) mass is 430 g/mol. The highest BCUT2D eigenvalue weighted by atomic mass is 16.2. The molecule has 0 radical (unpaired) electrons. The van der Waals surface area contributed by atoms with E-state index in [1.54, 1.807) is 28.9 Å². The molecule has 0 bridgehead atoms. The zero-order chi connectivity index (χ0) is 22.7. The summed E-state index contributed by atoms with van der Waals surface area (Å²) in [5, 5.41) is 4.12. The van der Waals surface area contributed by atoms with E-state index in [0.717, 1.165) is 11.1 Å². The molecule has 4 rings (SSSR count). The number of likely N-dealkylation sites (N-methyl/N-ethyl adjacent to an activating group) is 1. The highest BCUT2D eigenvalue weighted by molar-refractivity contribution is 5.93. The van der Waals surface area contributed by atoms with Crippen LogP contribution in [0.4, 0.5) is 0 Å². The minimum absolute atomic E-state index is 0.0736. The van der Waals surface area contributed by atoms with E-state index in [4.69, 9.17) is 0 Å². The van der Waals surface area contributed by atoms with Gasteiger partial charge in [-0.25, -0.2) is 0 Å². The van der Waals surface area contributed by atoms with Gasteiger partial charge in [0.2, 0.25) is 5.91 Å². The number of carbonyl (C=O) groups excluding carboxylic acids is 2. The number of hydrogen-bond donors (Lipinski definition) is 0. The SMILES string of the molecule is CCN1CCN(C(=O)c2ccnn2C)C[C@@H](Cc2ccc(-c3cccc(C)c3)cc2)C1=O. The Morgan fingerprint density at radius 1 is 1.06 bits per heavy atom. The average molecular weight is 431 g/mol. The number of rotatable bonds is 5. The summed E-state index contributed by atoms with van der Waals surface area (Å²) in [5.74, 6) is -0.217. The number of nitrogens with zero attached hydrogens (tertiary/aromatic N) is 4. The lowest BCUT2D eigenvalue weighted by atomic mass is 9.95. The molecule has 0 aliphatic carbocycles. The van der Waals surface area contributed by atoms with Crippen LogP contribution in [0.3, 0.4) is 0 Å². The van der Waals surface area contributed by atoms with Gasteiger partial charge in [0.25, 0.3) is 5.91 Å². The van der Waals surface area contributed by atoms with Gasteiger partial charge in [-0.1, -0.05) is 54.1 Å². The number of benzene rings is 2. The van der Waals surface area contributed by atoms with E-state index < -0.39 is 0 Å². The number of aromatic nitrogens is 2. The van der Waals surface area contributed by atoms with Gasteiger partial charge in [-0.05, 0) is 43.0 Å². The van der Waals surface area contributed by atoms with Crippen LogP contribution in [0.2, 0.25) is 0 Å². The van der Waals surface area contributed by atoms with E-state index in [-0.39, 0.29) is 17.7 Å². The number of hydrogen-bond acceptors (Lipinski definition) is 3. The topological polar surface area (TPSA) is 58.4 Å². The van der Waals surface area contributed by atoms with Gasteiger partial charge in [0.15, 0.2) is 0 Å². The molecule has 1 atom stereocenters. The predicted molar refractivity (Wildman–Crippen MR) is 125 cm³/mol. The molecule has 1 saturated heterocycles. The molecular formula is C26H30N4O2. The molecule has 1 aliphatic rings. The van der Waals surface area contributed by atoms with E-state index >= 15 is 0 Å². The van der Waals surface area contributed by atoms with Crippen LogP contribution < -0.4 is 0 Å². The van der Waals surface area contributed by atoms with Gasteiger partial charge in [-0.15, -0.1) is 0 Å². The van der Waals surface area contributed by atoms with E-state index in [0.29, 0.717) is 38.3 Å². The molecule has 0 N–H and O–H groups in total. The van der Waals surface area contributed by atoms with Crippen LogP contribution in [0.5, 0.6) is 0 Å². The van der Waals surface area contributed by atoms with Crippen molar-refractivity contribution < 1.29 is 9.59 Å². The average Bonchev–Trinajstić information content (AvgIpc) is 3.16. The second-order valence-electron chi connectivity index (χ2n) is 8.48. The molecule has 6 heteroatoms. The van der Waals surface area contributed by atoms with Crippen molar-refractivity contribution in [3.8, 4) is 11.1 Å². The van der Waals surface area contributed by atoms with Crippen LogP contribution in [0.1, 0.15) is 28.5 Å². The Bertz CT molecular complexity index is 1100. The van der Waals surface area contributed by atoms with Crippen LogP contribution in [0.15, 0.2) is 60.8 Å². The zero-order valence-electron chi connectivity index (χ0n) is 19.0. The van der Waals surface area contributed by atoms with Gasteiger partial charge < -0.3 is 9.80 Å². The lowest BCUT2D eigenvalue weighted by Gasteiger charge is -2.23. The Kier molecular flexibility index (Phi) is 6.40. The Labute approximate surface area is 189 Å². The molecule has 2 aromatic carbocycles. The second-order valence-corrected chi connectivity index (χ2v) is 8.48.